The molecular formula is C69H130O17P2. The van der Waals surface area contributed by atoms with Gasteiger partial charge in [-0.05, 0) is 57.3 Å². The van der Waals surface area contributed by atoms with E-state index in [2.05, 4.69) is 58.9 Å². The molecule has 0 aromatic carbocycles. The van der Waals surface area contributed by atoms with Crippen LogP contribution in [0.5, 0.6) is 0 Å². The SMILES string of the molecule is CCCCCC/C=C\C=C/CCCCCCCC(=O)OC[C@H](COP(=O)(O)OC[C@@H](O)COP(=O)(O)OC[C@@H](COC(=O)CCCCCCC)OC(=O)CCCCCCCCCCC(C)C)OC(=O)CCCCCCCCCCCCCCCCCCC. The number of rotatable bonds is 67. The average molecular weight is 1290 g/mol. The molecule has 19 heteroatoms. The Morgan fingerprint density at radius 2 is 0.614 bits per heavy atom. The van der Waals surface area contributed by atoms with E-state index in [1.165, 1.54) is 128 Å². The highest BCUT2D eigenvalue weighted by Gasteiger charge is 2.30. The van der Waals surface area contributed by atoms with Crippen LogP contribution in [-0.2, 0) is 65.4 Å². The molecule has 0 aliphatic rings. The Balaban J connectivity index is 5.20. The van der Waals surface area contributed by atoms with Gasteiger partial charge in [0.1, 0.15) is 19.3 Å². The minimum Gasteiger partial charge on any atom is -0.462 e. The largest absolute Gasteiger partial charge is 0.472 e. The molecule has 0 radical (unpaired) electrons. The second-order valence-corrected chi connectivity index (χ2v) is 27.6. The number of esters is 4. The van der Waals surface area contributed by atoms with Crippen LogP contribution in [0.4, 0.5) is 0 Å². The number of hydrogen-bond acceptors (Lipinski definition) is 15. The first-order valence-corrected chi connectivity index (χ1v) is 38.4. The highest BCUT2D eigenvalue weighted by atomic mass is 31.2. The zero-order chi connectivity index (χ0) is 64.9. The molecular weight excluding hydrogens is 1160 g/mol. The van der Waals surface area contributed by atoms with E-state index in [0.29, 0.717) is 25.7 Å². The fraction of sp³-hybridized carbons (Fsp3) is 0.884. The molecule has 0 aliphatic carbocycles. The van der Waals surface area contributed by atoms with Gasteiger partial charge in [-0.2, -0.15) is 0 Å². The van der Waals surface area contributed by atoms with Gasteiger partial charge in [-0.25, -0.2) is 9.13 Å². The Morgan fingerprint density at radius 1 is 0.352 bits per heavy atom. The van der Waals surface area contributed by atoms with E-state index in [0.717, 1.165) is 121 Å². The van der Waals surface area contributed by atoms with Crippen molar-refractivity contribution < 1.29 is 80.2 Å². The van der Waals surface area contributed by atoms with Crippen LogP contribution >= 0.6 is 15.6 Å². The summed E-state index contributed by atoms with van der Waals surface area (Å²) >= 11 is 0. The molecule has 0 rings (SSSR count). The van der Waals surface area contributed by atoms with E-state index in [4.69, 9.17) is 37.0 Å². The number of phosphoric acid groups is 2. The Labute approximate surface area is 535 Å². The molecule has 0 bridgehead atoms. The summed E-state index contributed by atoms with van der Waals surface area (Å²) in [5, 5.41) is 10.5. The van der Waals surface area contributed by atoms with Crippen LogP contribution in [0.2, 0.25) is 0 Å². The first kappa shape index (κ1) is 85.5. The Kier molecular flexibility index (Phi) is 60.3. The van der Waals surface area contributed by atoms with Gasteiger partial charge in [-0.1, -0.05) is 277 Å². The van der Waals surface area contributed by atoms with Gasteiger partial charge >= 0.3 is 39.5 Å². The summed E-state index contributed by atoms with van der Waals surface area (Å²) in [6, 6.07) is 0. The molecule has 0 amide bonds. The summed E-state index contributed by atoms with van der Waals surface area (Å²) in [5.41, 5.74) is 0. The van der Waals surface area contributed by atoms with Crippen LogP contribution in [0, 0.1) is 5.92 Å². The molecule has 5 atom stereocenters. The summed E-state index contributed by atoms with van der Waals surface area (Å²) in [6.45, 7) is 7.04. The quantitative estimate of drug-likeness (QED) is 0.0169. The Bertz CT molecular complexity index is 1800. The molecule has 2 unspecified atom stereocenters. The number of unbranched alkanes of at least 4 members (excludes halogenated alkanes) is 36. The molecule has 3 N–H and O–H groups in total. The van der Waals surface area contributed by atoms with Crippen molar-refractivity contribution in [3.05, 3.63) is 24.3 Å². The van der Waals surface area contributed by atoms with Crippen LogP contribution in [0.3, 0.4) is 0 Å². The van der Waals surface area contributed by atoms with Crippen molar-refractivity contribution in [1.82, 2.24) is 0 Å². The lowest BCUT2D eigenvalue weighted by Crippen LogP contribution is -2.30. The lowest BCUT2D eigenvalue weighted by Gasteiger charge is -2.21. The Morgan fingerprint density at radius 3 is 0.932 bits per heavy atom. The third-order valence-corrected chi connectivity index (χ3v) is 17.3. The zero-order valence-corrected chi connectivity index (χ0v) is 58.1. The molecule has 0 fully saturated rings. The summed E-state index contributed by atoms with van der Waals surface area (Å²) in [6.07, 6.45) is 51.2. The van der Waals surface area contributed by atoms with E-state index in [1.807, 2.05) is 0 Å². The molecule has 17 nitrogen and oxygen atoms in total. The van der Waals surface area contributed by atoms with Gasteiger partial charge in [0.25, 0.3) is 0 Å². The second-order valence-electron chi connectivity index (χ2n) is 24.7. The Hall–Kier alpha value is -2.46. The number of aliphatic hydroxyl groups excluding tert-OH is 1. The minimum absolute atomic E-state index is 0.101. The van der Waals surface area contributed by atoms with E-state index in [1.54, 1.807) is 0 Å². The van der Waals surface area contributed by atoms with Crippen molar-refractivity contribution in [1.29, 1.82) is 0 Å². The summed E-state index contributed by atoms with van der Waals surface area (Å²) < 4.78 is 68.0. The van der Waals surface area contributed by atoms with Crippen LogP contribution in [0.15, 0.2) is 24.3 Å². The zero-order valence-electron chi connectivity index (χ0n) is 56.3. The van der Waals surface area contributed by atoms with Gasteiger partial charge in [0.05, 0.1) is 26.4 Å². The normalized spacial score (nSPS) is 14.3. The predicted molar refractivity (Wildman–Crippen MR) is 354 cm³/mol. The molecule has 0 aromatic heterocycles. The van der Waals surface area contributed by atoms with Gasteiger partial charge in [-0.3, -0.25) is 37.3 Å². The summed E-state index contributed by atoms with van der Waals surface area (Å²) in [4.78, 5) is 72.2. The number of ether oxygens (including phenoxy) is 4. The van der Waals surface area contributed by atoms with Gasteiger partial charge in [0.2, 0.25) is 0 Å². The predicted octanol–water partition coefficient (Wildman–Crippen LogP) is 19.3. The van der Waals surface area contributed by atoms with E-state index in [9.17, 15) is 43.2 Å². The lowest BCUT2D eigenvalue weighted by molar-refractivity contribution is -0.161. The maximum Gasteiger partial charge on any atom is 0.472 e. The number of aliphatic hydroxyl groups is 1. The van der Waals surface area contributed by atoms with Crippen molar-refractivity contribution in [2.45, 2.75) is 348 Å². The molecule has 88 heavy (non-hydrogen) atoms. The van der Waals surface area contributed by atoms with Crippen LogP contribution < -0.4 is 0 Å². The smallest absolute Gasteiger partial charge is 0.462 e. The maximum atomic E-state index is 13.0. The fourth-order valence-corrected chi connectivity index (χ4v) is 11.5. The molecule has 0 aliphatic heterocycles. The average Bonchev–Trinajstić information content (AvgIpc) is 3.63. The van der Waals surface area contributed by atoms with Gasteiger partial charge in [0, 0.05) is 25.7 Å². The van der Waals surface area contributed by atoms with Crippen molar-refractivity contribution in [2.75, 3.05) is 39.6 Å². The lowest BCUT2D eigenvalue weighted by atomic mass is 10.0. The van der Waals surface area contributed by atoms with Gasteiger partial charge < -0.3 is 33.8 Å². The fourth-order valence-electron chi connectivity index (χ4n) is 9.93. The van der Waals surface area contributed by atoms with E-state index >= 15 is 0 Å². The van der Waals surface area contributed by atoms with Crippen LogP contribution in [0.1, 0.15) is 330 Å². The van der Waals surface area contributed by atoms with Crippen molar-refractivity contribution >= 4 is 39.5 Å². The van der Waals surface area contributed by atoms with E-state index < -0.39 is 97.5 Å². The topological polar surface area (TPSA) is 237 Å². The molecule has 518 valence electrons. The monoisotopic (exact) mass is 1290 g/mol. The van der Waals surface area contributed by atoms with Crippen LogP contribution in [-0.4, -0.2) is 96.7 Å². The maximum absolute atomic E-state index is 13.0. The standard InChI is InChI=1S/C69H130O17P2/c1-6-9-12-15-17-19-21-23-25-26-28-30-32-34-39-44-49-54-68(73)86-65(59-80-67(72)53-48-43-38-33-31-29-27-24-22-20-18-16-13-10-7-2)61-84-88(77,78)82-57-63(70)56-81-87(75,76)83-60-64(58-79-66(71)52-47-41-14-11-8-3)85-69(74)55-50-45-40-36-35-37-42-46-51-62(4)5/h20,22,24,27,62-65,70H,6-19,21,23,25-26,28-61H2,1-5H3,(H,75,76)(H,77,78)/b22-20-,27-24-/t63-,64+,65+/m0/s1. The number of phosphoric ester groups is 2. The molecule has 0 aromatic rings. The van der Waals surface area contributed by atoms with E-state index in [-0.39, 0.29) is 25.7 Å². The van der Waals surface area contributed by atoms with Gasteiger partial charge in [0.15, 0.2) is 12.2 Å². The van der Waals surface area contributed by atoms with Crippen molar-refractivity contribution in [2.24, 2.45) is 5.92 Å². The highest BCUT2D eigenvalue weighted by molar-refractivity contribution is 7.47. The first-order chi connectivity index (χ1) is 42.5. The molecule has 0 spiro atoms. The number of carbonyl (C=O) groups is 4. The number of hydrogen-bond donors (Lipinski definition) is 3. The van der Waals surface area contributed by atoms with Crippen molar-refractivity contribution in [3.8, 4) is 0 Å². The second kappa shape index (κ2) is 62.0. The molecule has 0 saturated carbocycles. The minimum atomic E-state index is -4.96. The third-order valence-electron chi connectivity index (χ3n) is 15.4. The molecule has 0 heterocycles. The summed E-state index contributed by atoms with van der Waals surface area (Å²) in [7, 11) is -9.90. The number of carbonyl (C=O) groups excluding carboxylic acids is 4. The first-order valence-electron chi connectivity index (χ1n) is 35.5. The number of allylic oxidation sites excluding steroid dienone is 4. The summed E-state index contributed by atoms with van der Waals surface area (Å²) in [5.74, 6) is -1.45. The van der Waals surface area contributed by atoms with Gasteiger partial charge in [-0.15, -0.1) is 0 Å². The van der Waals surface area contributed by atoms with Crippen LogP contribution in [0.25, 0.3) is 0 Å². The van der Waals surface area contributed by atoms with Crippen molar-refractivity contribution in [3.63, 3.8) is 0 Å². The highest BCUT2D eigenvalue weighted by Crippen LogP contribution is 2.45. The molecule has 0 saturated heterocycles. The third kappa shape index (κ3) is 62.4.